The third kappa shape index (κ3) is 4.70. The Balaban J connectivity index is 1.63. The zero-order valence-corrected chi connectivity index (χ0v) is 18.0. The second-order valence-corrected chi connectivity index (χ2v) is 8.02. The molecular weight excluding hydrogens is 378 g/mol. The molecule has 6 nitrogen and oxygen atoms in total. The molecule has 1 unspecified atom stereocenters. The van der Waals surface area contributed by atoms with Crippen molar-refractivity contribution in [2.24, 2.45) is 5.92 Å². The van der Waals surface area contributed by atoms with Crippen LogP contribution in [0.25, 0.3) is 0 Å². The lowest BCUT2D eigenvalue weighted by atomic mass is 10.1. The molecule has 2 aromatic carbocycles. The maximum atomic E-state index is 12.7. The Hall–Kier alpha value is -3.15. The minimum Gasteiger partial charge on any atom is -0.339 e. The van der Waals surface area contributed by atoms with E-state index in [1.807, 2.05) is 39.0 Å². The van der Waals surface area contributed by atoms with Gasteiger partial charge in [-0.05, 0) is 62.6 Å². The summed E-state index contributed by atoms with van der Waals surface area (Å²) in [6, 6.07) is 12.9. The second-order valence-electron chi connectivity index (χ2n) is 8.02. The van der Waals surface area contributed by atoms with E-state index in [9.17, 15) is 14.4 Å². The number of nitrogens with zero attached hydrogens (tertiary/aromatic N) is 1. The predicted octanol–water partition coefficient (Wildman–Crippen LogP) is 4.01. The summed E-state index contributed by atoms with van der Waals surface area (Å²) in [5.74, 6) is -0.696. The van der Waals surface area contributed by atoms with E-state index in [1.54, 1.807) is 29.2 Å². The van der Waals surface area contributed by atoms with Gasteiger partial charge in [0.15, 0.2) is 0 Å². The van der Waals surface area contributed by atoms with Crippen molar-refractivity contribution in [2.45, 2.75) is 46.6 Å². The third-order valence-electron chi connectivity index (χ3n) is 5.55. The van der Waals surface area contributed by atoms with Gasteiger partial charge in [-0.1, -0.05) is 25.1 Å². The summed E-state index contributed by atoms with van der Waals surface area (Å²) >= 11 is 0. The summed E-state index contributed by atoms with van der Waals surface area (Å²) in [7, 11) is 0. The Labute approximate surface area is 177 Å². The van der Waals surface area contributed by atoms with E-state index in [4.69, 9.17) is 0 Å². The number of aryl methyl sites for hydroxylation is 2. The Bertz CT molecular complexity index is 951. The first kappa shape index (κ1) is 21.6. The SMILES string of the molecule is CCc1cccc(C)c1NC(=O)c1ccc(NC(=O)C2CC(=O)N(C(C)C)C2)cc1. The van der Waals surface area contributed by atoms with Gasteiger partial charge < -0.3 is 15.5 Å². The van der Waals surface area contributed by atoms with Crippen LogP contribution in [0.5, 0.6) is 0 Å². The largest absolute Gasteiger partial charge is 0.339 e. The average molecular weight is 408 g/mol. The van der Waals surface area contributed by atoms with Crippen molar-refractivity contribution in [1.29, 1.82) is 0 Å². The predicted molar refractivity (Wildman–Crippen MR) is 119 cm³/mol. The molecule has 1 atom stereocenters. The molecule has 1 heterocycles. The molecule has 3 rings (SSSR count). The lowest BCUT2D eigenvalue weighted by Crippen LogP contribution is -2.33. The highest BCUT2D eigenvalue weighted by atomic mass is 16.2. The molecular formula is C24H29N3O3. The molecule has 1 aliphatic heterocycles. The number of hydrogen-bond donors (Lipinski definition) is 2. The first-order chi connectivity index (χ1) is 14.3. The Kier molecular flexibility index (Phi) is 6.55. The van der Waals surface area contributed by atoms with Gasteiger partial charge >= 0.3 is 0 Å². The van der Waals surface area contributed by atoms with Crippen molar-refractivity contribution in [3.05, 3.63) is 59.2 Å². The Morgan fingerprint density at radius 1 is 1.10 bits per heavy atom. The zero-order valence-electron chi connectivity index (χ0n) is 18.0. The number of carbonyl (C=O) groups is 3. The fourth-order valence-corrected chi connectivity index (χ4v) is 3.74. The number of rotatable bonds is 6. The molecule has 1 aliphatic rings. The first-order valence-electron chi connectivity index (χ1n) is 10.4. The minimum absolute atomic E-state index is 0.0137. The van der Waals surface area contributed by atoms with Gasteiger partial charge in [0, 0.05) is 35.9 Å². The molecule has 1 saturated heterocycles. The molecule has 2 N–H and O–H groups in total. The van der Waals surface area contributed by atoms with Crippen LogP contribution in [0.15, 0.2) is 42.5 Å². The highest BCUT2D eigenvalue weighted by Gasteiger charge is 2.35. The molecule has 158 valence electrons. The summed E-state index contributed by atoms with van der Waals surface area (Å²) in [5, 5.41) is 5.86. The number of para-hydroxylation sites is 1. The highest BCUT2D eigenvalue weighted by Crippen LogP contribution is 2.24. The lowest BCUT2D eigenvalue weighted by molar-refractivity contribution is -0.129. The number of likely N-dealkylation sites (tertiary alicyclic amines) is 1. The standard InChI is InChI=1S/C24H29N3O3/c1-5-17-8-6-7-16(4)22(17)26-23(29)18-9-11-20(12-10-18)25-24(30)19-13-21(28)27(14-19)15(2)3/h6-12,15,19H,5,13-14H2,1-4H3,(H,25,30)(H,26,29). The summed E-state index contributed by atoms with van der Waals surface area (Å²) < 4.78 is 0. The van der Waals surface area contributed by atoms with Crippen LogP contribution in [0.2, 0.25) is 0 Å². The number of hydrogen-bond acceptors (Lipinski definition) is 3. The van der Waals surface area contributed by atoms with Gasteiger partial charge in [-0.15, -0.1) is 0 Å². The lowest BCUT2D eigenvalue weighted by Gasteiger charge is -2.20. The summed E-state index contributed by atoms with van der Waals surface area (Å²) in [4.78, 5) is 39.0. The molecule has 0 bridgehead atoms. The van der Waals surface area contributed by atoms with Crippen molar-refractivity contribution >= 4 is 29.1 Å². The van der Waals surface area contributed by atoms with Gasteiger partial charge in [0.1, 0.15) is 0 Å². The molecule has 0 spiro atoms. The van der Waals surface area contributed by atoms with E-state index >= 15 is 0 Å². The van der Waals surface area contributed by atoms with Crippen molar-refractivity contribution in [3.8, 4) is 0 Å². The number of nitrogens with one attached hydrogen (secondary N) is 2. The fourth-order valence-electron chi connectivity index (χ4n) is 3.74. The Morgan fingerprint density at radius 2 is 1.80 bits per heavy atom. The molecule has 0 aromatic heterocycles. The molecule has 30 heavy (non-hydrogen) atoms. The van der Waals surface area contributed by atoms with Crippen LogP contribution >= 0.6 is 0 Å². The Morgan fingerprint density at radius 3 is 2.40 bits per heavy atom. The second kappa shape index (κ2) is 9.11. The van der Waals surface area contributed by atoms with E-state index in [1.165, 1.54) is 0 Å². The van der Waals surface area contributed by atoms with Crippen molar-refractivity contribution in [1.82, 2.24) is 4.90 Å². The monoisotopic (exact) mass is 407 g/mol. The molecule has 0 aliphatic carbocycles. The summed E-state index contributed by atoms with van der Waals surface area (Å²) in [6.45, 7) is 8.37. The van der Waals surface area contributed by atoms with Crippen LogP contribution in [0, 0.1) is 12.8 Å². The van der Waals surface area contributed by atoms with Gasteiger partial charge in [0.2, 0.25) is 11.8 Å². The van der Waals surface area contributed by atoms with Crippen LogP contribution < -0.4 is 10.6 Å². The number of carbonyl (C=O) groups excluding carboxylic acids is 3. The number of anilines is 2. The van der Waals surface area contributed by atoms with Crippen molar-refractivity contribution in [3.63, 3.8) is 0 Å². The van der Waals surface area contributed by atoms with Crippen LogP contribution in [0.3, 0.4) is 0 Å². The van der Waals surface area contributed by atoms with Crippen molar-refractivity contribution < 1.29 is 14.4 Å². The van der Waals surface area contributed by atoms with E-state index in [-0.39, 0.29) is 36.1 Å². The van der Waals surface area contributed by atoms with Gasteiger partial charge in [-0.3, -0.25) is 14.4 Å². The summed E-state index contributed by atoms with van der Waals surface area (Å²) in [5.41, 5.74) is 4.09. The number of benzene rings is 2. The molecule has 3 amide bonds. The number of amides is 3. The molecule has 1 fully saturated rings. The van der Waals surface area contributed by atoms with Crippen LogP contribution in [0.4, 0.5) is 11.4 Å². The molecule has 0 saturated carbocycles. The fraction of sp³-hybridized carbons (Fsp3) is 0.375. The smallest absolute Gasteiger partial charge is 0.255 e. The van der Waals surface area contributed by atoms with Gasteiger partial charge in [-0.25, -0.2) is 0 Å². The quantitative estimate of drug-likeness (QED) is 0.760. The van der Waals surface area contributed by atoms with Gasteiger partial charge in [0.25, 0.3) is 5.91 Å². The van der Waals surface area contributed by atoms with Crippen LogP contribution in [-0.4, -0.2) is 35.2 Å². The zero-order chi connectivity index (χ0) is 21.8. The average Bonchev–Trinajstić information content (AvgIpc) is 3.12. The first-order valence-corrected chi connectivity index (χ1v) is 10.4. The molecule has 6 heteroatoms. The van der Waals surface area contributed by atoms with E-state index in [0.29, 0.717) is 17.8 Å². The maximum Gasteiger partial charge on any atom is 0.255 e. The highest BCUT2D eigenvalue weighted by molar-refractivity contribution is 6.05. The van der Waals surface area contributed by atoms with Gasteiger partial charge in [0.05, 0.1) is 5.92 Å². The van der Waals surface area contributed by atoms with Crippen LogP contribution in [-0.2, 0) is 16.0 Å². The molecule has 0 radical (unpaired) electrons. The summed E-state index contributed by atoms with van der Waals surface area (Å²) in [6.07, 6.45) is 1.07. The van der Waals surface area contributed by atoms with Gasteiger partial charge in [-0.2, -0.15) is 0 Å². The maximum absolute atomic E-state index is 12.7. The van der Waals surface area contributed by atoms with E-state index in [2.05, 4.69) is 17.6 Å². The third-order valence-corrected chi connectivity index (χ3v) is 5.55. The topological polar surface area (TPSA) is 78.5 Å². The van der Waals surface area contributed by atoms with Crippen LogP contribution in [0.1, 0.15) is 48.7 Å². The molecule has 2 aromatic rings. The minimum atomic E-state index is -0.351. The normalized spacial score (nSPS) is 16.1. The van der Waals surface area contributed by atoms with E-state index in [0.717, 1.165) is 23.2 Å². The van der Waals surface area contributed by atoms with Crippen molar-refractivity contribution in [2.75, 3.05) is 17.2 Å². The van der Waals surface area contributed by atoms with E-state index < -0.39 is 0 Å².